The number of ether oxygens (including phenoxy) is 1. The Labute approximate surface area is 152 Å². The van der Waals surface area contributed by atoms with Crippen molar-refractivity contribution in [2.75, 3.05) is 18.4 Å². The van der Waals surface area contributed by atoms with Crippen molar-refractivity contribution in [1.82, 2.24) is 14.9 Å². The Morgan fingerprint density at radius 2 is 2.04 bits per heavy atom. The zero-order valence-electron chi connectivity index (χ0n) is 14.4. The summed E-state index contributed by atoms with van der Waals surface area (Å²) in [5.74, 6) is -0.207. The van der Waals surface area contributed by atoms with E-state index in [0.717, 1.165) is 0 Å². The summed E-state index contributed by atoms with van der Waals surface area (Å²) >= 11 is 5.52. The molecule has 26 heavy (non-hydrogen) atoms. The molecule has 0 saturated carbocycles. The lowest BCUT2D eigenvalue weighted by Crippen LogP contribution is -2.51. The van der Waals surface area contributed by atoms with Gasteiger partial charge in [0.1, 0.15) is 22.5 Å². The smallest absolute Gasteiger partial charge is 0.420 e. The van der Waals surface area contributed by atoms with Crippen LogP contribution in [0, 0.1) is 0 Å². The number of nitrogens with zero attached hydrogens (tertiary/aromatic N) is 3. The van der Waals surface area contributed by atoms with Crippen molar-refractivity contribution in [2.45, 2.75) is 51.2 Å². The number of nitrogens with one attached hydrogen (secondary N) is 1. The molecule has 0 aromatic carbocycles. The van der Waals surface area contributed by atoms with Gasteiger partial charge in [-0.15, -0.1) is 0 Å². The SMILES string of the molecule is CC(C)(C)OC(=O)N1CC[C@H](Nc2ncc(C(F)(F)F)c(Cl)n2)[C@H](F)C1. The van der Waals surface area contributed by atoms with E-state index in [9.17, 15) is 22.4 Å². The van der Waals surface area contributed by atoms with Gasteiger partial charge in [-0.3, -0.25) is 0 Å². The zero-order chi connectivity index (χ0) is 19.7. The van der Waals surface area contributed by atoms with Gasteiger partial charge in [0, 0.05) is 12.7 Å². The normalized spacial score (nSPS) is 21.5. The highest BCUT2D eigenvalue weighted by molar-refractivity contribution is 6.30. The van der Waals surface area contributed by atoms with Gasteiger partial charge in [0.15, 0.2) is 0 Å². The monoisotopic (exact) mass is 398 g/mol. The van der Waals surface area contributed by atoms with Crippen LogP contribution in [-0.2, 0) is 10.9 Å². The van der Waals surface area contributed by atoms with Gasteiger partial charge in [-0.2, -0.15) is 13.2 Å². The predicted molar refractivity (Wildman–Crippen MR) is 86.8 cm³/mol. The molecule has 2 heterocycles. The van der Waals surface area contributed by atoms with Gasteiger partial charge in [-0.05, 0) is 27.2 Å². The molecule has 1 aliphatic heterocycles. The molecule has 0 unspecified atom stereocenters. The number of hydrogen-bond donors (Lipinski definition) is 1. The third-order valence-corrected chi connectivity index (χ3v) is 3.84. The Balaban J connectivity index is 1.98. The van der Waals surface area contributed by atoms with Crippen molar-refractivity contribution < 1.29 is 27.1 Å². The quantitative estimate of drug-likeness (QED) is 0.604. The fourth-order valence-corrected chi connectivity index (χ4v) is 2.58. The first-order valence-corrected chi connectivity index (χ1v) is 8.23. The first kappa shape index (κ1) is 20.5. The van der Waals surface area contributed by atoms with E-state index in [4.69, 9.17) is 16.3 Å². The number of carbonyl (C=O) groups excluding carboxylic acids is 1. The van der Waals surface area contributed by atoms with Crippen LogP contribution < -0.4 is 5.32 Å². The second-order valence-electron chi connectivity index (χ2n) is 6.88. The molecule has 1 fully saturated rings. The Kier molecular flexibility index (Phi) is 5.84. The number of aromatic nitrogens is 2. The summed E-state index contributed by atoms with van der Waals surface area (Å²) in [6, 6.07) is -0.763. The Hall–Kier alpha value is -1.84. The summed E-state index contributed by atoms with van der Waals surface area (Å²) in [6.45, 7) is 5.13. The topological polar surface area (TPSA) is 67.3 Å². The van der Waals surface area contributed by atoms with Gasteiger partial charge in [0.2, 0.25) is 5.95 Å². The highest BCUT2D eigenvalue weighted by Crippen LogP contribution is 2.33. The Bertz CT molecular complexity index is 666. The lowest BCUT2D eigenvalue weighted by molar-refractivity contribution is -0.137. The van der Waals surface area contributed by atoms with E-state index in [2.05, 4.69) is 15.3 Å². The van der Waals surface area contributed by atoms with Crippen molar-refractivity contribution in [3.8, 4) is 0 Å². The molecule has 0 aliphatic carbocycles. The van der Waals surface area contributed by atoms with Crippen LogP contribution in [0.3, 0.4) is 0 Å². The second-order valence-corrected chi connectivity index (χ2v) is 7.24. The van der Waals surface area contributed by atoms with Gasteiger partial charge in [-0.1, -0.05) is 11.6 Å². The molecule has 0 radical (unpaired) electrons. The molecule has 2 atom stereocenters. The van der Waals surface area contributed by atoms with Crippen molar-refractivity contribution in [3.63, 3.8) is 0 Å². The van der Waals surface area contributed by atoms with E-state index >= 15 is 0 Å². The lowest BCUT2D eigenvalue weighted by Gasteiger charge is -2.35. The number of hydrogen-bond acceptors (Lipinski definition) is 5. The lowest BCUT2D eigenvalue weighted by atomic mass is 10.0. The molecule has 11 heteroatoms. The number of carbonyl (C=O) groups is 1. The number of halogens is 5. The molecular formula is C15H19ClF4N4O2. The third kappa shape index (κ3) is 5.33. The van der Waals surface area contributed by atoms with Crippen molar-refractivity contribution >= 4 is 23.6 Å². The number of likely N-dealkylation sites (tertiary alicyclic amines) is 1. The van der Waals surface area contributed by atoms with Gasteiger partial charge in [0.05, 0.1) is 12.6 Å². The molecule has 2 rings (SSSR count). The summed E-state index contributed by atoms with van der Waals surface area (Å²) in [5, 5.41) is 1.86. The van der Waals surface area contributed by atoms with E-state index in [1.807, 2.05) is 0 Å². The standard InChI is InChI=1S/C15H19ClF4N4O2/c1-14(2,3)26-13(25)24-5-4-10(9(17)7-24)22-12-21-6-8(11(16)23-12)15(18,19)20/h6,9-10H,4-5,7H2,1-3H3,(H,21,22,23)/t9-,10+/m1/s1. The highest BCUT2D eigenvalue weighted by atomic mass is 35.5. The van der Waals surface area contributed by atoms with E-state index < -0.39 is 40.8 Å². The van der Waals surface area contributed by atoms with Gasteiger partial charge in [0.25, 0.3) is 0 Å². The maximum absolute atomic E-state index is 14.4. The first-order chi connectivity index (χ1) is 11.9. The van der Waals surface area contributed by atoms with Crippen LogP contribution in [-0.4, -0.2) is 51.9 Å². The minimum absolute atomic E-state index is 0.207. The van der Waals surface area contributed by atoms with Crippen LogP contribution in [0.15, 0.2) is 6.20 Å². The van der Waals surface area contributed by atoms with Crippen LogP contribution in [0.4, 0.5) is 28.3 Å². The van der Waals surface area contributed by atoms with Crippen LogP contribution in [0.2, 0.25) is 5.15 Å². The maximum atomic E-state index is 14.4. The van der Waals surface area contributed by atoms with E-state index in [1.54, 1.807) is 20.8 Å². The van der Waals surface area contributed by atoms with Crippen LogP contribution in [0.1, 0.15) is 32.8 Å². The average Bonchev–Trinajstić information content (AvgIpc) is 2.46. The van der Waals surface area contributed by atoms with Crippen LogP contribution >= 0.6 is 11.6 Å². The molecule has 1 saturated heterocycles. The van der Waals surface area contributed by atoms with Crippen molar-refractivity contribution in [2.24, 2.45) is 0 Å². The zero-order valence-corrected chi connectivity index (χ0v) is 15.2. The minimum Gasteiger partial charge on any atom is -0.444 e. The van der Waals surface area contributed by atoms with E-state index in [-0.39, 0.29) is 25.5 Å². The van der Waals surface area contributed by atoms with Gasteiger partial charge < -0.3 is 15.0 Å². The maximum Gasteiger partial charge on any atom is 0.420 e. The molecule has 1 aromatic heterocycles. The molecule has 0 bridgehead atoms. The average molecular weight is 399 g/mol. The molecule has 0 spiro atoms. The molecule has 1 aliphatic rings. The largest absolute Gasteiger partial charge is 0.444 e. The van der Waals surface area contributed by atoms with E-state index in [1.165, 1.54) is 4.90 Å². The number of rotatable bonds is 2. The number of alkyl halides is 4. The molecule has 6 nitrogen and oxygen atoms in total. The molecule has 1 amide bonds. The van der Waals surface area contributed by atoms with Gasteiger partial charge >= 0.3 is 12.3 Å². The number of amides is 1. The molecule has 1 N–H and O–H groups in total. The predicted octanol–water partition coefficient (Wildman–Crippen LogP) is 3.91. The Morgan fingerprint density at radius 1 is 1.38 bits per heavy atom. The van der Waals surface area contributed by atoms with Crippen molar-refractivity contribution in [1.29, 1.82) is 0 Å². The van der Waals surface area contributed by atoms with Crippen molar-refractivity contribution in [3.05, 3.63) is 16.9 Å². The summed E-state index contributed by atoms with van der Waals surface area (Å²) < 4.78 is 57.5. The second kappa shape index (κ2) is 7.42. The summed E-state index contributed by atoms with van der Waals surface area (Å²) in [6.07, 6.45) is -6.01. The summed E-state index contributed by atoms with van der Waals surface area (Å²) in [4.78, 5) is 20.3. The fraction of sp³-hybridized carbons (Fsp3) is 0.667. The third-order valence-electron chi connectivity index (χ3n) is 3.56. The fourth-order valence-electron chi connectivity index (χ4n) is 2.35. The van der Waals surface area contributed by atoms with Crippen LogP contribution in [0.5, 0.6) is 0 Å². The highest BCUT2D eigenvalue weighted by Gasteiger charge is 2.36. The number of piperidine rings is 1. The Morgan fingerprint density at radius 3 is 2.54 bits per heavy atom. The van der Waals surface area contributed by atoms with E-state index in [0.29, 0.717) is 6.20 Å². The first-order valence-electron chi connectivity index (χ1n) is 7.85. The molecule has 146 valence electrons. The molecular weight excluding hydrogens is 380 g/mol. The number of anilines is 1. The van der Waals surface area contributed by atoms with Gasteiger partial charge in [-0.25, -0.2) is 19.2 Å². The van der Waals surface area contributed by atoms with Crippen LogP contribution in [0.25, 0.3) is 0 Å². The minimum atomic E-state index is -4.67. The summed E-state index contributed by atoms with van der Waals surface area (Å²) in [5.41, 5.74) is -1.86. The molecule has 1 aromatic rings. The summed E-state index contributed by atoms with van der Waals surface area (Å²) in [7, 11) is 0.